The number of hydrogen-bond acceptors (Lipinski definition) is 4. The number of carboxylic acids is 2. The summed E-state index contributed by atoms with van der Waals surface area (Å²) in [6.07, 6.45) is 0. The maximum Gasteiger partial charge on any atom is 0.358 e. The first kappa shape index (κ1) is 8.25. The Labute approximate surface area is 55.3 Å². The van der Waals surface area contributed by atoms with E-state index in [-0.39, 0.29) is 0 Å². The summed E-state index contributed by atoms with van der Waals surface area (Å²) in [6, 6.07) is 0. The standard InChI is InChI=1S/C3H4O5S/c4-1(5)3(8,9)2(6)7/h8-9H,(H,4,5)(H,6,7). The lowest BCUT2D eigenvalue weighted by Crippen LogP contribution is -2.40. The van der Waals surface area contributed by atoms with Gasteiger partial charge in [-0.2, -0.15) is 0 Å². The van der Waals surface area contributed by atoms with Gasteiger partial charge in [0.15, 0.2) is 0 Å². The van der Waals surface area contributed by atoms with Gasteiger partial charge in [-0.05, 0) is 0 Å². The van der Waals surface area contributed by atoms with Crippen LogP contribution < -0.4 is 0 Å². The minimum Gasteiger partial charge on any atom is -0.478 e. The number of aliphatic hydroxyl groups is 1. The van der Waals surface area contributed by atoms with Crippen LogP contribution in [0.2, 0.25) is 0 Å². The average molecular weight is 152 g/mol. The van der Waals surface area contributed by atoms with Crippen molar-refractivity contribution in [2.45, 2.75) is 4.93 Å². The van der Waals surface area contributed by atoms with E-state index in [9.17, 15) is 9.59 Å². The van der Waals surface area contributed by atoms with Gasteiger partial charge >= 0.3 is 16.9 Å². The number of hydrogen-bond donors (Lipinski definition) is 4. The van der Waals surface area contributed by atoms with Crippen LogP contribution in [0.25, 0.3) is 0 Å². The Bertz CT molecular complexity index is 134. The summed E-state index contributed by atoms with van der Waals surface area (Å²) in [5, 5.41) is 24.1. The molecule has 0 spiro atoms. The molecule has 0 saturated heterocycles. The lowest BCUT2D eigenvalue weighted by molar-refractivity contribution is -0.164. The molecule has 6 heteroatoms. The molecule has 0 aliphatic carbocycles. The van der Waals surface area contributed by atoms with Crippen LogP contribution in [0.3, 0.4) is 0 Å². The molecule has 0 aliphatic rings. The van der Waals surface area contributed by atoms with Gasteiger partial charge in [0, 0.05) is 0 Å². The predicted molar refractivity (Wildman–Crippen MR) is 29.2 cm³/mol. The molecule has 0 rings (SSSR count). The van der Waals surface area contributed by atoms with Gasteiger partial charge in [0.1, 0.15) is 0 Å². The molecule has 52 valence electrons. The molecule has 0 saturated carbocycles. The summed E-state index contributed by atoms with van der Waals surface area (Å²) in [5.74, 6) is -3.81. The fourth-order valence-corrected chi connectivity index (χ4v) is 0.0915. The summed E-state index contributed by atoms with van der Waals surface area (Å²) in [7, 11) is 0. The van der Waals surface area contributed by atoms with Crippen LogP contribution in [-0.4, -0.2) is 32.2 Å². The molecule has 0 fully saturated rings. The third-order valence-electron chi connectivity index (χ3n) is 0.596. The highest BCUT2D eigenvalue weighted by Gasteiger charge is 2.40. The molecule has 0 aliphatic heterocycles. The summed E-state index contributed by atoms with van der Waals surface area (Å²) >= 11 is 2.93. The van der Waals surface area contributed by atoms with Crippen molar-refractivity contribution in [3.05, 3.63) is 0 Å². The van der Waals surface area contributed by atoms with Crippen LogP contribution in [0, 0.1) is 0 Å². The molecule has 0 atom stereocenters. The maximum atomic E-state index is 9.76. The first-order chi connectivity index (χ1) is 3.89. The number of carbonyl (C=O) groups is 2. The minimum atomic E-state index is -2.97. The fourth-order valence-electron chi connectivity index (χ4n) is 0.0915. The van der Waals surface area contributed by atoms with E-state index < -0.39 is 16.9 Å². The largest absolute Gasteiger partial charge is 0.478 e. The second-order valence-corrected chi connectivity index (χ2v) is 1.93. The van der Waals surface area contributed by atoms with Crippen LogP contribution >= 0.6 is 12.6 Å². The van der Waals surface area contributed by atoms with Crippen LogP contribution in [0.15, 0.2) is 0 Å². The Morgan fingerprint density at radius 2 is 1.44 bits per heavy atom. The van der Waals surface area contributed by atoms with Gasteiger partial charge in [0.25, 0.3) is 0 Å². The van der Waals surface area contributed by atoms with Crippen molar-refractivity contribution < 1.29 is 24.9 Å². The third-order valence-corrected chi connectivity index (χ3v) is 0.979. The Balaban J connectivity index is 4.38. The molecule has 5 nitrogen and oxygen atoms in total. The molecule has 0 radical (unpaired) electrons. The summed E-state index contributed by atoms with van der Waals surface area (Å²) in [6.45, 7) is 0. The third kappa shape index (κ3) is 1.58. The van der Waals surface area contributed by atoms with Gasteiger partial charge in [-0.3, -0.25) is 0 Å². The quantitative estimate of drug-likeness (QED) is 0.226. The molecule has 0 aromatic rings. The zero-order valence-electron chi connectivity index (χ0n) is 4.11. The molecule has 0 unspecified atom stereocenters. The second kappa shape index (κ2) is 2.24. The van der Waals surface area contributed by atoms with E-state index in [1.165, 1.54) is 0 Å². The molecule has 0 bridgehead atoms. The monoisotopic (exact) mass is 152 g/mol. The number of thiol groups is 1. The maximum absolute atomic E-state index is 9.76. The van der Waals surface area contributed by atoms with Gasteiger partial charge in [-0.1, -0.05) is 0 Å². The van der Waals surface area contributed by atoms with Crippen LogP contribution in [0.4, 0.5) is 0 Å². The van der Waals surface area contributed by atoms with Crippen molar-refractivity contribution in [1.82, 2.24) is 0 Å². The highest BCUT2D eigenvalue weighted by Crippen LogP contribution is 2.08. The Morgan fingerprint density at radius 3 is 1.44 bits per heavy atom. The van der Waals surface area contributed by atoms with Crippen molar-refractivity contribution in [2.75, 3.05) is 0 Å². The summed E-state index contributed by atoms with van der Waals surface area (Å²) in [4.78, 5) is 16.5. The average Bonchev–Trinajstić information content (AvgIpc) is 1.65. The zero-order chi connectivity index (χ0) is 7.65. The van der Waals surface area contributed by atoms with Crippen molar-refractivity contribution >= 4 is 24.6 Å². The first-order valence-corrected chi connectivity index (χ1v) is 2.25. The smallest absolute Gasteiger partial charge is 0.358 e. The van der Waals surface area contributed by atoms with E-state index in [1.54, 1.807) is 0 Å². The highest BCUT2D eigenvalue weighted by atomic mass is 32.1. The van der Waals surface area contributed by atoms with E-state index in [0.29, 0.717) is 0 Å². The lowest BCUT2D eigenvalue weighted by Gasteiger charge is -2.08. The first-order valence-electron chi connectivity index (χ1n) is 1.80. The van der Waals surface area contributed by atoms with Crippen molar-refractivity contribution in [3.63, 3.8) is 0 Å². The number of aliphatic carboxylic acids is 2. The van der Waals surface area contributed by atoms with Gasteiger partial charge in [-0.25, -0.2) is 9.59 Å². The Kier molecular flexibility index (Phi) is 2.05. The molecule has 0 aromatic heterocycles. The minimum absolute atomic E-state index is 1.90. The molecule has 0 aromatic carbocycles. The van der Waals surface area contributed by atoms with Crippen LogP contribution in [0.1, 0.15) is 0 Å². The summed E-state index contributed by atoms with van der Waals surface area (Å²) < 4.78 is 0. The normalized spacial score (nSPS) is 10.9. The van der Waals surface area contributed by atoms with Gasteiger partial charge in [-0.15, -0.1) is 12.6 Å². The molecular weight excluding hydrogens is 148 g/mol. The zero-order valence-corrected chi connectivity index (χ0v) is 5.00. The van der Waals surface area contributed by atoms with Gasteiger partial charge in [0.05, 0.1) is 0 Å². The van der Waals surface area contributed by atoms with Crippen LogP contribution in [-0.2, 0) is 9.59 Å². The molecular formula is C3H4O5S. The SMILES string of the molecule is O=C(O)C(O)(S)C(=O)O. The van der Waals surface area contributed by atoms with Crippen molar-refractivity contribution in [3.8, 4) is 0 Å². The Hall–Kier alpha value is -0.750. The predicted octanol–water partition coefficient (Wildman–Crippen LogP) is -1.23. The fraction of sp³-hybridized carbons (Fsp3) is 0.333. The molecule has 9 heavy (non-hydrogen) atoms. The topological polar surface area (TPSA) is 94.8 Å². The van der Waals surface area contributed by atoms with E-state index in [0.717, 1.165) is 0 Å². The second-order valence-electron chi connectivity index (χ2n) is 1.28. The van der Waals surface area contributed by atoms with Crippen molar-refractivity contribution in [1.29, 1.82) is 0 Å². The van der Waals surface area contributed by atoms with Crippen LogP contribution in [0.5, 0.6) is 0 Å². The van der Waals surface area contributed by atoms with Gasteiger partial charge < -0.3 is 15.3 Å². The van der Waals surface area contributed by atoms with E-state index >= 15 is 0 Å². The van der Waals surface area contributed by atoms with E-state index in [1.807, 2.05) is 0 Å². The van der Waals surface area contributed by atoms with E-state index in [4.69, 9.17) is 15.3 Å². The molecule has 0 amide bonds. The highest BCUT2D eigenvalue weighted by molar-refractivity contribution is 7.83. The number of rotatable bonds is 2. The summed E-state index contributed by atoms with van der Waals surface area (Å²) in [5.41, 5.74) is 0. The Morgan fingerprint density at radius 1 is 1.22 bits per heavy atom. The van der Waals surface area contributed by atoms with Crippen molar-refractivity contribution in [2.24, 2.45) is 0 Å². The number of carboxylic acid groups (broad SMARTS) is 2. The lowest BCUT2D eigenvalue weighted by atomic mass is 10.4. The van der Waals surface area contributed by atoms with Gasteiger partial charge in [0.2, 0.25) is 0 Å². The van der Waals surface area contributed by atoms with E-state index in [2.05, 4.69) is 12.6 Å². The molecule has 3 N–H and O–H groups in total. The molecule has 0 heterocycles.